The summed E-state index contributed by atoms with van der Waals surface area (Å²) >= 11 is 0. The Kier molecular flexibility index (Phi) is 5.10. The van der Waals surface area contributed by atoms with Crippen molar-refractivity contribution in [3.05, 3.63) is 12.2 Å². The maximum atomic E-state index is 11.6. The molecular weight excluding hydrogens is 260 g/mol. The molecule has 7 nitrogen and oxygen atoms in total. The first-order valence-electron chi connectivity index (χ1n) is 6.56. The lowest BCUT2D eigenvalue weighted by molar-refractivity contribution is 0.0476. The number of carbonyl (C=O) groups excluding carboxylic acids is 1. The third-order valence-corrected chi connectivity index (χ3v) is 2.83. The summed E-state index contributed by atoms with van der Waals surface area (Å²) in [7, 11) is 1.79. The molecule has 1 amide bonds. The molecule has 114 valence electrons. The van der Waals surface area contributed by atoms with Crippen LogP contribution in [0, 0.1) is 5.41 Å². The Balaban J connectivity index is 2.57. The quantitative estimate of drug-likeness (QED) is 0.838. The number of aliphatic hydroxyl groups excluding tert-OH is 1. The van der Waals surface area contributed by atoms with Crippen molar-refractivity contribution >= 4 is 6.09 Å². The zero-order valence-electron chi connectivity index (χ0n) is 12.8. The van der Waals surface area contributed by atoms with Gasteiger partial charge in [0, 0.05) is 25.4 Å². The van der Waals surface area contributed by atoms with E-state index in [1.165, 1.54) is 6.33 Å². The van der Waals surface area contributed by atoms with E-state index in [1.54, 1.807) is 32.5 Å². The van der Waals surface area contributed by atoms with Crippen LogP contribution in [0.4, 0.5) is 4.79 Å². The molecular formula is C13H24N4O3. The first-order chi connectivity index (χ1) is 9.15. The van der Waals surface area contributed by atoms with Crippen molar-refractivity contribution in [2.75, 3.05) is 13.2 Å². The highest BCUT2D eigenvalue weighted by atomic mass is 16.6. The van der Waals surface area contributed by atoms with E-state index in [-0.39, 0.29) is 6.61 Å². The van der Waals surface area contributed by atoms with Gasteiger partial charge in [-0.3, -0.25) is 4.68 Å². The number of aliphatic hydroxyl groups is 1. The fraction of sp³-hybridized carbons (Fsp3) is 0.769. The molecule has 0 saturated carbocycles. The van der Waals surface area contributed by atoms with Crippen LogP contribution in [-0.2, 0) is 18.2 Å². The van der Waals surface area contributed by atoms with Crippen molar-refractivity contribution in [2.45, 2.75) is 39.7 Å². The molecule has 0 fully saturated rings. The number of ether oxygens (including phenoxy) is 1. The Labute approximate surface area is 119 Å². The van der Waals surface area contributed by atoms with Gasteiger partial charge < -0.3 is 15.2 Å². The zero-order valence-corrected chi connectivity index (χ0v) is 12.8. The van der Waals surface area contributed by atoms with Crippen molar-refractivity contribution in [3.63, 3.8) is 0 Å². The van der Waals surface area contributed by atoms with E-state index >= 15 is 0 Å². The van der Waals surface area contributed by atoms with Crippen LogP contribution in [0.1, 0.15) is 33.5 Å². The average molecular weight is 284 g/mol. The van der Waals surface area contributed by atoms with Crippen LogP contribution in [0.5, 0.6) is 0 Å². The molecule has 0 bridgehead atoms. The number of nitrogens with zero attached hydrogens (tertiary/aromatic N) is 3. The molecule has 0 aliphatic carbocycles. The van der Waals surface area contributed by atoms with Crippen molar-refractivity contribution in [1.82, 2.24) is 20.1 Å². The van der Waals surface area contributed by atoms with Crippen LogP contribution in [-0.4, -0.2) is 44.7 Å². The summed E-state index contributed by atoms with van der Waals surface area (Å²) in [4.78, 5) is 15.8. The molecule has 1 unspecified atom stereocenters. The second-order valence-electron chi connectivity index (χ2n) is 6.30. The largest absolute Gasteiger partial charge is 0.444 e. The van der Waals surface area contributed by atoms with E-state index in [9.17, 15) is 9.90 Å². The Hall–Kier alpha value is -1.63. The lowest BCUT2D eigenvalue weighted by Gasteiger charge is -2.28. The van der Waals surface area contributed by atoms with Gasteiger partial charge in [0.1, 0.15) is 17.8 Å². The van der Waals surface area contributed by atoms with Gasteiger partial charge in [-0.2, -0.15) is 5.10 Å². The topological polar surface area (TPSA) is 89.3 Å². The fourth-order valence-electron chi connectivity index (χ4n) is 1.64. The summed E-state index contributed by atoms with van der Waals surface area (Å²) in [6.45, 7) is 7.51. The first kappa shape index (κ1) is 16.4. The Morgan fingerprint density at radius 1 is 1.45 bits per heavy atom. The average Bonchev–Trinajstić information content (AvgIpc) is 2.70. The van der Waals surface area contributed by atoms with Gasteiger partial charge in [0.15, 0.2) is 0 Å². The molecule has 0 radical (unpaired) electrons. The summed E-state index contributed by atoms with van der Waals surface area (Å²) in [6, 6.07) is 0. The third kappa shape index (κ3) is 5.16. The molecule has 2 N–H and O–H groups in total. The van der Waals surface area contributed by atoms with Gasteiger partial charge in [0.05, 0.1) is 6.61 Å². The Morgan fingerprint density at radius 3 is 2.55 bits per heavy atom. The van der Waals surface area contributed by atoms with Gasteiger partial charge >= 0.3 is 6.09 Å². The minimum atomic E-state index is -0.538. The van der Waals surface area contributed by atoms with E-state index in [0.717, 1.165) is 5.82 Å². The number of nitrogens with one attached hydrogen (secondary N) is 1. The number of rotatable bonds is 5. The first-order valence-corrected chi connectivity index (χ1v) is 6.56. The third-order valence-electron chi connectivity index (χ3n) is 2.83. The summed E-state index contributed by atoms with van der Waals surface area (Å²) in [5, 5.41) is 16.2. The molecule has 1 aromatic heterocycles. The zero-order chi connectivity index (χ0) is 15.4. The Bertz CT molecular complexity index is 453. The van der Waals surface area contributed by atoms with Crippen molar-refractivity contribution in [1.29, 1.82) is 0 Å². The molecule has 0 aliphatic heterocycles. The smallest absolute Gasteiger partial charge is 0.407 e. The molecule has 1 atom stereocenters. The molecule has 0 saturated heterocycles. The fourth-order valence-corrected chi connectivity index (χ4v) is 1.64. The number of hydrogen-bond donors (Lipinski definition) is 2. The molecule has 1 rings (SSSR count). The van der Waals surface area contributed by atoms with E-state index in [4.69, 9.17) is 4.74 Å². The molecule has 0 aromatic carbocycles. The van der Waals surface area contributed by atoms with Crippen molar-refractivity contribution < 1.29 is 14.6 Å². The van der Waals surface area contributed by atoms with Crippen LogP contribution in [0.2, 0.25) is 0 Å². The van der Waals surface area contributed by atoms with Crippen LogP contribution in [0.25, 0.3) is 0 Å². The second-order valence-corrected chi connectivity index (χ2v) is 6.30. The predicted molar refractivity (Wildman–Crippen MR) is 74.1 cm³/mol. The summed E-state index contributed by atoms with van der Waals surface area (Å²) in [6.07, 6.45) is 1.49. The number of carbonyl (C=O) groups is 1. The Morgan fingerprint density at radius 2 is 2.10 bits per heavy atom. The molecule has 20 heavy (non-hydrogen) atoms. The SMILES string of the molecule is Cn1ncnc1CC(C)(CO)CNC(=O)OC(C)(C)C. The van der Waals surface area contributed by atoms with Crippen LogP contribution in [0.15, 0.2) is 6.33 Å². The molecule has 0 aliphatic rings. The maximum absolute atomic E-state index is 11.6. The van der Waals surface area contributed by atoms with Crippen LogP contribution in [0.3, 0.4) is 0 Å². The number of hydrogen-bond acceptors (Lipinski definition) is 5. The highest BCUT2D eigenvalue weighted by Gasteiger charge is 2.27. The molecule has 0 spiro atoms. The van der Waals surface area contributed by atoms with Crippen LogP contribution < -0.4 is 5.32 Å². The standard InChI is InChI=1S/C13H24N4O3/c1-12(2,3)20-11(19)14-7-13(4,8-18)6-10-15-9-16-17(10)5/h9,18H,6-8H2,1-5H3,(H,14,19). The van der Waals surface area contributed by atoms with Crippen molar-refractivity contribution in [2.24, 2.45) is 12.5 Å². The second kappa shape index (κ2) is 6.21. The lowest BCUT2D eigenvalue weighted by atomic mass is 9.87. The minimum Gasteiger partial charge on any atom is -0.444 e. The van der Waals surface area contributed by atoms with Gasteiger partial charge in [-0.15, -0.1) is 0 Å². The highest BCUT2D eigenvalue weighted by molar-refractivity contribution is 5.67. The predicted octanol–water partition coefficient (Wildman–Crippen LogP) is 0.881. The summed E-state index contributed by atoms with van der Waals surface area (Å²) < 4.78 is 6.83. The number of alkyl carbamates (subject to hydrolysis) is 1. The van der Waals surface area contributed by atoms with Gasteiger partial charge in [0.2, 0.25) is 0 Å². The van der Waals surface area contributed by atoms with Gasteiger partial charge in [-0.1, -0.05) is 6.92 Å². The molecule has 7 heteroatoms. The highest BCUT2D eigenvalue weighted by Crippen LogP contribution is 2.20. The molecule has 1 aromatic rings. The van der Waals surface area contributed by atoms with E-state index in [2.05, 4.69) is 15.4 Å². The number of aryl methyl sites for hydroxylation is 1. The van der Waals surface area contributed by atoms with E-state index in [1.807, 2.05) is 6.92 Å². The van der Waals surface area contributed by atoms with E-state index in [0.29, 0.717) is 13.0 Å². The van der Waals surface area contributed by atoms with Crippen LogP contribution >= 0.6 is 0 Å². The molecule has 1 heterocycles. The minimum absolute atomic E-state index is 0.0738. The number of aromatic nitrogens is 3. The summed E-state index contributed by atoms with van der Waals surface area (Å²) in [5.41, 5.74) is -1.05. The monoisotopic (exact) mass is 284 g/mol. The summed E-state index contributed by atoms with van der Waals surface area (Å²) in [5.74, 6) is 0.757. The van der Waals surface area contributed by atoms with Gasteiger partial charge in [0.25, 0.3) is 0 Å². The van der Waals surface area contributed by atoms with Gasteiger partial charge in [-0.05, 0) is 20.8 Å². The van der Waals surface area contributed by atoms with E-state index < -0.39 is 17.1 Å². The van der Waals surface area contributed by atoms with Gasteiger partial charge in [-0.25, -0.2) is 9.78 Å². The lowest BCUT2D eigenvalue weighted by Crippen LogP contribution is -2.42. The van der Waals surface area contributed by atoms with Crippen molar-refractivity contribution in [3.8, 4) is 0 Å². The maximum Gasteiger partial charge on any atom is 0.407 e. The normalized spacial score (nSPS) is 14.7. The number of amides is 1.